The summed E-state index contributed by atoms with van der Waals surface area (Å²) >= 11 is 0. The lowest BCUT2D eigenvalue weighted by Gasteiger charge is -2.20. The molecular formula is C13H23FN4. The maximum atomic E-state index is 13.8. The number of hydrogen-bond donors (Lipinski definition) is 1. The Bertz CT molecular complexity index is 368. The molecule has 1 N–H and O–H groups in total. The van der Waals surface area contributed by atoms with E-state index in [0.717, 1.165) is 13.0 Å². The molecule has 0 radical (unpaired) electrons. The molecule has 1 aromatic rings. The number of aromatic nitrogens is 2. The number of aryl methyl sites for hydroxylation is 1. The summed E-state index contributed by atoms with van der Waals surface area (Å²) in [6, 6.07) is 0.535. The third kappa shape index (κ3) is 4.22. The van der Waals surface area contributed by atoms with Crippen LogP contribution in [0.4, 0.5) is 10.2 Å². The summed E-state index contributed by atoms with van der Waals surface area (Å²) in [5, 5.41) is 3.03. The summed E-state index contributed by atoms with van der Waals surface area (Å²) in [5.74, 6) is -0.00809. The van der Waals surface area contributed by atoms with Crippen molar-refractivity contribution in [3.63, 3.8) is 0 Å². The van der Waals surface area contributed by atoms with Crippen LogP contribution in [0.3, 0.4) is 0 Å². The Kier molecular flexibility index (Phi) is 5.98. The second-order valence-corrected chi connectivity index (χ2v) is 4.69. The van der Waals surface area contributed by atoms with Crippen molar-refractivity contribution < 1.29 is 4.39 Å². The van der Waals surface area contributed by atoms with Crippen LogP contribution in [0.2, 0.25) is 0 Å². The average Bonchev–Trinajstić information content (AvgIpc) is 2.35. The van der Waals surface area contributed by atoms with Crippen LogP contribution >= 0.6 is 0 Å². The predicted octanol–water partition coefficient (Wildman–Crippen LogP) is 2.32. The number of halogens is 1. The third-order valence-corrected chi connectivity index (χ3v) is 3.06. The van der Waals surface area contributed by atoms with Crippen LogP contribution in [0.5, 0.6) is 0 Å². The molecule has 1 heterocycles. The Hall–Kier alpha value is -1.23. The minimum Gasteiger partial charge on any atom is -0.367 e. The lowest BCUT2D eigenvalue weighted by atomic mass is 10.3. The minimum absolute atomic E-state index is 0.314. The van der Waals surface area contributed by atoms with Crippen LogP contribution in [0.1, 0.15) is 32.9 Å². The van der Waals surface area contributed by atoms with Gasteiger partial charge in [-0.25, -0.2) is 14.4 Å². The molecule has 1 aromatic heterocycles. The molecule has 0 amide bonds. The molecule has 0 atom stereocenters. The molecule has 0 spiro atoms. The second kappa shape index (κ2) is 7.26. The molecular weight excluding hydrogens is 231 g/mol. The molecule has 4 nitrogen and oxygen atoms in total. The zero-order chi connectivity index (χ0) is 13.5. The average molecular weight is 254 g/mol. The van der Waals surface area contributed by atoms with Gasteiger partial charge in [0.2, 0.25) is 0 Å². The summed E-state index contributed by atoms with van der Waals surface area (Å²) in [6.07, 6.45) is 2.95. The first-order valence-electron chi connectivity index (χ1n) is 6.49. The highest BCUT2D eigenvalue weighted by Crippen LogP contribution is 2.12. The van der Waals surface area contributed by atoms with E-state index in [9.17, 15) is 4.39 Å². The van der Waals surface area contributed by atoms with Crippen LogP contribution in [-0.4, -0.2) is 41.0 Å². The molecule has 0 aliphatic rings. The smallest absolute Gasteiger partial charge is 0.186 e. The van der Waals surface area contributed by atoms with Crippen molar-refractivity contribution in [1.82, 2.24) is 14.9 Å². The van der Waals surface area contributed by atoms with Crippen molar-refractivity contribution in [2.45, 2.75) is 39.7 Å². The van der Waals surface area contributed by atoms with Gasteiger partial charge in [-0.3, -0.25) is 0 Å². The Balaban J connectivity index is 2.40. The van der Waals surface area contributed by atoms with Crippen molar-refractivity contribution >= 4 is 5.82 Å². The SMILES string of the molecule is CCc1ncnc(NCCCN(C)C(C)C)c1F. The molecule has 102 valence electrons. The van der Waals surface area contributed by atoms with Crippen molar-refractivity contribution in [3.05, 3.63) is 17.8 Å². The lowest BCUT2D eigenvalue weighted by Crippen LogP contribution is -2.28. The van der Waals surface area contributed by atoms with Crippen LogP contribution < -0.4 is 5.32 Å². The predicted molar refractivity (Wildman–Crippen MR) is 72.2 cm³/mol. The number of hydrogen-bond acceptors (Lipinski definition) is 4. The Morgan fingerprint density at radius 2 is 2.11 bits per heavy atom. The van der Waals surface area contributed by atoms with Crippen molar-refractivity contribution in [1.29, 1.82) is 0 Å². The summed E-state index contributed by atoms with van der Waals surface area (Å²) in [7, 11) is 2.09. The Morgan fingerprint density at radius 3 is 2.72 bits per heavy atom. The Morgan fingerprint density at radius 1 is 1.39 bits per heavy atom. The fourth-order valence-electron chi connectivity index (χ4n) is 1.57. The highest BCUT2D eigenvalue weighted by Gasteiger charge is 2.09. The molecule has 0 fully saturated rings. The number of nitrogens with zero attached hydrogens (tertiary/aromatic N) is 3. The fourth-order valence-corrected chi connectivity index (χ4v) is 1.57. The monoisotopic (exact) mass is 254 g/mol. The molecule has 0 bridgehead atoms. The summed E-state index contributed by atoms with van der Waals surface area (Å²) in [6.45, 7) is 7.90. The van der Waals surface area contributed by atoms with E-state index in [1.807, 2.05) is 6.92 Å². The molecule has 0 unspecified atom stereocenters. The minimum atomic E-state index is -0.322. The van der Waals surface area contributed by atoms with Gasteiger partial charge in [0, 0.05) is 12.6 Å². The van der Waals surface area contributed by atoms with E-state index < -0.39 is 0 Å². The van der Waals surface area contributed by atoms with E-state index in [1.54, 1.807) is 0 Å². The van der Waals surface area contributed by atoms with Gasteiger partial charge in [-0.1, -0.05) is 6.92 Å². The largest absolute Gasteiger partial charge is 0.367 e. The van der Waals surface area contributed by atoms with Crippen LogP contribution in [0.15, 0.2) is 6.33 Å². The van der Waals surface area contributed by atoms with Gasteiger partial charge < -0.3 is 10.2 Å². The molecule has 5 heteroatoms. The van der Waals surface area contributed by atoms with Gasteiger partial charge >= 0.3 is 0 Å². The lowest BCUT2D eigenvalue weighted by molar-refractivity contribution is 0.273. The molecule has 0 saturated carbocycles. The van der Waals surface area contributed by atoms with E-state index >= 15 is 0 Å². The zero-order valence-electron chi connectivity index (χ0n) is 11.7. The second-order valence-electron chi connectivity index (χ2n) is 4.69. The highest BCUT2D eigenvalue weighted by molar-refractivity contribution is 5.37. The number of anilines is 1. The summed E-state index contributed by atoms with van der Waals surface area (Å²) in [4.78, 5) is 10.1. The van der Waals surface area contributed by atoms with Gasteiger partial charge in [0.15, 0.2) is 11.6 Å². The Labute approximate surface area is 109 Å². The molecule has 1 rings (SSSR count). The third-order valence-electron chi connectivity index (χ3n) is 3.06. The first-order valence-corrected chi connectivity index (χ1v) is 6.49. The van der Waals surface area contributed by atoms with Crippen molar-refractivity contribution in [2.24, 2.45) is 0 Å². The van der Waals surface area contributed by atoms with Gasteiger partial charge in [0.25, 0.3) is 0 Å². The molecule has 0 aromatic carbocycles. The number of nitrogens with one attached hydrogen (secondary N) is 1. The van der Waals surface area contributed by atoms with E-state index in [1.165, 1.54) is 6.33 Å². The van der Waals surface area contributed by atoms with Gasteiger partial charge in [0.05, 0.1) is 5.69 Å². The maximum absolute atomic E-state index is 13.8. The van der Waals surface area contributed by atoms with Crippen LogP contribution in [-0.2, 0) is 6.42 Å². The normalized spacial score (nSPS) is 11.3. The molecule has 0 aliphatic heterocycles. The van der Waals surface area contributed by atoms with Crippen LogP contribution in [0.25, 0.3) is 0 Å². The molecule has 18 heavy (non-hydrogen) atoms. The standard InChI is InChI=1S/C13H23FN4/c1-5-11-12(14)13(17-9-16-11)15-7-6-8-18(4)10(2)3/h9-10H,5-8H2,1-4H3,(H,15,16,17). The first-order chi connectivity index (χ1) is 8.56. The molecule has 0 saturated heterocycles. The van der Waals surface area contributed by atoms with E-state index in [2.05, 4.69) is 41.1 Å². The van der Waals surface area contributed by atoms with Gasteiger partial charge in [-0.2, -0.15) is 0 Å². The van der Waals surface area contributed by atoms with E-state index in [-0.39, 0.29) is 5.82 Å². The quantitative estimate of drug-likeness (QED) is 0.758. The van der Waals surface area contributed by atoms with Crippen LogP contribution in [0, 0.1) is 5.82 Å². The maximum Gasteiger partial charge on any atom is 0.186 e. The summed E-state index contributed by atoms with van der Waals surface area (Å²) < 4.78 is 13.8. The fraction of sp³-hybridized carbons (Fsp3) is 0.692. The summed E-state index contributed by atoms with van der Waals surface area (Å²) in [5.41, 5.74) is 0.465. The highest BCUT2D eigenvalue weighted by atomic mass is 19.1. The van der Waals surface area contributed by atoms with Crippen molar-refractivity contribution in [3.8, 4) is 0 Å². The van der Waals surface area contributed by atoms with Gasteiger partial charge in [0.1, 0.15) is 6.33 Å². The first kappa shape index (κ1) is 14.8. The zero-order valence-corrected chi connectivity index (χ0v) is 11.7. The van der Waals surface area contributed by atoms with E-state index in [0.29, 0.717) is 30.5 Å². The molecule has 0 aliphatic carbocycles. The van der Waals surface area contributed by atoms with E-state index in [4.69, 9.17) is 0 Å². The van der Waals surface area contributed by atoms with Gasteiger partial charge in [-0.05, 0) is 40.3 Å². The number of rotatable bonds is 7. The van der Waals surface area contributed by atoms with Crippen molar-refractivity contribution in [2.75, 3.05) is 25.5 Å². The van der Waals surface area contributed by atoms with Gasteiger partial charge in [-0.15, -0.1) is 0 Å². The topological polar surface area (TPSA) is 41.1 Å².